The monoisotopic (exact) mass is 1720 g/mol. The fraction of sp³-hybridized carbons (Fsp3) is 0.951. The highest BCUT2D eigenvalue weighted by Gasteiger charge is 2.77. The molecule has 0 heterocycles. The molecule has 0 N–H and O–H groups in total. The summed E-state index contributed by atoms with van der Waals surface area (Å²) < 4.78 is 289. The predicted octanol–water partition coefficient (Wildman–Crippen LogP) is 19.6. The Balaban J connectivity index is -0.000000125. The maximum absolute atomic E-state index is 13.8. The van der Waals surface area contributed by atoms with Gasteiger partial charge in [-0.3, -0.25) is 18.8 Å². The Morgan fingerprint density at radius 2 is 0.855 bits per heavy atom. The SMILES string of the molecule is CCO[Si](C)(C)C(F)(F)COC(F)(F)C(F)(F)C(F)(F)OC(F)(F)CF.CCO[Si](C)(CC/C(=C(/F)I)C(F)(F)Br)OCC.CCO[Si](C)(CCCCCC(F)(F)Br)OCC.CCO[Si](C)(CCOC(F)(F)CBr)OCC.F.F.F.F.FBr. The molecule has 0 aliphatic carbocycles. The second-order valence-corrected chi connectivity index (χ2v) is 34.4. The highest BCUT2D eigenvalue weighted by Crippen LogP contribution is 2.49. The van der Waals surface area contributed by atoms with E-state index in [1.165, 1.54) is 45.9 Å². The van der Waals surface area contributed by atoms with E-state index in [0.717, 1.165) is 32.0 Å². The minimum Gasteiger partial charge on any atom is -0.411 e. The fourth-order valence-corrected chi connectivity index (χ4v) is 15.8. The normalized spacial score (nSPS) is 13.3. The second kappa shape index (κ2) is 48.1. The van der Waals surface area contributed by atoms with Crippen molar-refractivity contribution >= 4 is 121 Å². The summed E-state index contributed by atoms with van der Waals surface area (Å²) in [6, 6.07) is 1.57. The standard InChI is InChI=1S/C11H23BrF2O2Si.C11H15F11O3Si.C10H17BrF3IO2Si.C9H19BrF2O3Si.BrF.4FH/c1-4-15-17(3,16-5-2)10-8-6-7-9-11(12,13)14;1-4-24-26(2,3)8(15,16)6-23-10(19,20)9(17,18)11(21,22)25-7(13,14)5-12;1-4-16-18(3,17-5-2)7-6-8(9(12)15)10(11,13)14;1-4-14-16(3,15-5-2)7-6-13-9(11,12)8-10;1-2;;;;/h4-10H2,1-3H3;4-6H2,1-3H3;4-7H2,1-3H3;4-8H2,1-3H3;;4*1H/b;;9-8+;;;;;;. The average Bonchev–Trinajstić information content (AvgIpc) is 3.28. The fourth-order valence-electron chi connectivity index (χ4n) is 5.82. The lowest BCUT2D eigenvalue weighted by atomic mass is 10.2. The van der Waals surface area contributed by atoms with Crippen LogP contribution >= 0.6 is 86.8 Å². The van der Waals surface area contributed by atoms with Crippen molar-refractivity contribution < 1.29 is 147 Å². The molecule has 0 saturated heterocycles. The molecule has 83 heavy (non-hydrogen) atoms. The van der Waals surface area contributed by atoms with Gasteiger partial charge in [-0.1, -0.05) is 28.8 Å². The summed E-state index contributed by atoms with van der Waals surface area (Å²) in [6.45, 7) is 17.3. The Bertz CT molecular complexity index is 1600. The molecule has 10 nitrogen and oxygen atoms in total. The van der Waals surface area contributed by atoms with Crippen LogP contribution in [0.2, 0.25) is 50.9 Å². The third kappa shape index (κ3) is 46.0. The zero-order valence-electron chi connectivity index (χ0n) is 47.2. The molecule has 0 aliphatic rings. The molecule has 0 saturated carbocycles. The Hall–Kier alpha value is 1.25. The first-order valence-electron chi connectivity index (χ1n) is 23.8. The summed E-state index contributed by atoms with van der Waals surface area (Å²) in [4.78, 5) is -6.04. The van der Waals surface area contributed by atoms with E-state index in [1.54, 1.807) is 6.55 Å². The zero-order chi connectivity index (χ0) is 63.7. The van der Waals surface area contributed by atoms with Gasteiger partial charge in [-0.2, -0.15) is 69.4 Å². The number of hydrogen-bond acceptors (Lipinski definition) is 10. The Kier molecular flexibility index (Phi) is 59.7. The Morgan fingerprint density at radius 1 is 0.494 bits per heavy atom. The van der Waals surface area contributed by atoms with E-state index in [9.17, 15) is 82.6 Å². The van der Waals surface area contributed by atoms with Crippen LogP contribution in [-0.2, 0) is 45.2 Å². The smallest absolute Gasteiger partial charge is 0.411 e. The maximum Gasteiger partial charge on any atom is 0.433 e. The van der Waals surface area contributed by atoms with Crippen LogP contribution < -0.4 is 0 Å². The van der Waals surface area contributed by atoms with Gasteiger partial charge >= 0.3 is 65.7 Å². The minimum absolute atomic E-state index is 0. The van der Waals surface area contributed by atoms with E-state index in [-0.39, 0.29) is 44.9 Å². The van der Waals surface area contributed by atoms with Crippen molar-refractivity contribution in [1.29, 1.82) is 0 Å². The topological polar surface area (TPSA) is 92.3 Å². The van der Waals surface area contributed by atoms with E-state index in [2.05, 4.69) is 66.4 Å². The first-order chi connectivity index (χ1) is 35.7. The Labute approximate surface area is 521 Å². The maximum atomic E-state index is 13.8. The lowest BCUT2D eigenvalue weighted by molar-refractivity contribution is -0.489. The molecule has 0 amide bonds. The van der Waals surface area contributed by atoms with E-state index in [1.807, 2.05) is 54.6 Å². The van der Waals surface area contributed by atoms with E-state index in [0.29, 0.717) is 58.2 Å². The van der Waals surface area contributed by atoms with Crippen LogP contribution in [0.15, 0.2) is 9.41 Å². The van der Waals surface area contributed by atoms with Gasteiger partial charge in [0, 0.05) is 58.7 Å². The quantitative estimate of drug-likeness (QED) is 0.0196. The van der Waals surface area contributed by atoms with Crippen LogP contribution in [0.1, 0.15) is 80.6 Å². The van der Waals surface area contributed by atoms with Crippen LogP contribution in [0.5, 0.6) is 0 Å². The summed E-state index contributed by atoms with van der Waals surface area (Å²) in [6.07, 6.45) is -19.6. The number of allylic oxidation sites excluding steroid dienone is 1. The number of unbranched alkanes of at least 4 members (excludes halogenated alkanes) is 2. The molecule has 0 radical (unpaired) electrons. The van der Waals surface area contributed by atoms with Crippen LogP contribution in [0.25, 0.3) is 0 Å². The molecular weight excluding hydrogens is 1650 g/mol. The van der Waals surface area contributed by atoms with E-state index >= 15 is 0 Å². The molecule has 0 bridgehead atoms. The van der Waals surface area contributed by atoms with Gasteiger partial charge in [-0.05, 0) is 161 Å². The van der Waals surface area contributed by atoms with Gasteiger partial charge in [0.2, 0.25) is 0 Å². The molecular formula is C41H78Br4F23IO10Si4. The summed E-state index contributed by atoms with van der Waals surface area (Å²) >= 11 is 9.92. The number of ether oxygens (including phenoxy) is 3. The summed E-state index contributed by atoms with van der Waals surface area (Å²) in [5.41, 5.74) is -4.79. The van der Waals surface area contributed by atoms with Crippen molar-refractivity contribution in [3.05, 3.63) is 9.41 Å². The molecule has 0 rings (SSSR count). The van der Waals surface area contributed by atoms with Gasteiger partial charge in [0.1, 0.15) is 6.61 Å². The number of halogens is 28. The van der Waals surface area contributed by atoms with Gasteiger partial charge < -0.3 is 40.5 Å². The van der Waals surface area contributed by atoms with Crippen molar-refractivity contribution in [1.82, 2.24) is 0 Å². The van der Waals surface area contributed by atoms with Crippen molar-refractivity contribution in [2.24, 2.45) is 0 Å². The highest BCUT2D eigenvalue weighted by atomic mass is 127. The third-order valence-electron chi connectivity index (χ3n) is 9.70. The molecule has 0 aliphatic heterocycles. The molecule has 0 aromatic heterocycles. The molecule has 0 aromatic carbocycles. The third-order valence-corrected chi connectivity index (χ3v) is 23.7. The average molecular weight is 1730 g/mol. The highest BCUT2D eigenvalue weighted by molar-refractivity contribution is 14.1. The molecule has 42 heteroatoms. The van der Waals surface area contributed by atoms with Crippen LogP contribution in [0.4, 0.5) is 101 Å². The molecule has 0 aromatic rings. The summed E-state index contributed by atoms with van der Waals surface area (Å²) in [5, 5.41) is -0.498. The van der Waals surface area contributed by atoms with Gasteiger partial charge in [-0.15, -0.1) is 0 Å². The van der Waals surface area contributed by atoms with Crippen molar-refractivity contribution in [2.75, 3.05) is 71.5 Å². The van der Waals surface area contributed by atoms with Gasteiger partial charge in [0.05, 0.1) is 17.5 Å². The first kappa shape index (κ1) is 103. The molecule has 0 atom stereocenters. The first-order valence-corrected chi connectivity index (χ1v) is 38.7. The summed E-state index contributed by atoms with van der Waals surface area (Å²) in [7, 11) is -11.0. The molecule has 0 fully saturated rings. The molecule has 514 valence electrons. The van der Waals surface area contributed by atoms with Crippen molar-refractivity contribution in [3.8, 4) is 0 Å². The number of rotatable bonds is 38. The van der Waals surface area contributed by atoms with Crippen LogP contribution in [0.3, 0.4) is 0 Å². The minimum atomic E-state index is -6.83. The van der Waals surface area contributed by atoms with Crippen molar-refractivity contribution in [2.45, 2.75) is 177 Å². The van der Waals surface area contributed by atoms with Gasteiger partial charge in [-0.25, -0.2) is 17.9 Å². The Morgan fingerprint density at radius 3 is 1.17 bits per heavy atom. The van der Waals surface area contributed by atoms with E-state index < -0.39 is 108 Å². The summed E-state index contributed by atoms with van der Waals surface area (Å²) in [5.74, 6) is -6.83. The predicted molar refractivity (Wildman–Crippen MR) is 304 cm³/mol. The molecule has 0 spiro atoms. The number of hydrogen-bond donors (Lipinski definition) is 0. The van der Waals surface area contributed by atoms with Gasteiger partial charge in [0.25, 0.3) is 13.9 Å². The largest absolute Gasteiger partial charge is 0.433 e. The lowest BCUT2D eigenvalue weighted by Gasteiger charge is -2.35. The van der Waals surface area contributed by atoms with Crippen LogP contribution in [-0.4, -0.2) is 151 Å². The van der Waals surface area contributed by atoms with Gasteiger partial charge in [0.15, 0.2) is 26.9 Å². The van der Waals surface area contributed by atoms with E-state index in [4.69, 9.17) is 26.6 Å². The lowest BCUT2D eigenvalue weighted by Crippen LogP contribution is -2.61. The second-order valence-electron chi connectivity index (χ2n) is 16.7. The van der Waals surface area contributed by atoms with Crippen molar-refractivity contribution in [3.63, 3.8) is 0 Å². The zero-order valence-corrected chi connectivity index (χ0v) is 59.7. The van der Waals surface area contributed by atoms with Crippen LogP contribution in [0, 0.1) is 0 Å². The molecule has 0 unspecified atom stereocenters. The number of alkyl halides is 20.